The van der Waals surface area contributed by atoms with Gasteiger partial charge < -0.3 is 15.2 Å². The molecule has 31 heavy (non-hydrogen) atoms. The second-order valence-corrected chi connectivity index (χ2v) is 7.53. The van der Waals surface area contributed by atoms with Gasteiger partial charge in [0.1, 0.15) is 17.7 Å². The maximum Gasteiger partial charge on any atom is 0.276 e. The molecule has 158 valence electrons. The number of nitrogens with one attached hydrogen (secondary N) is 2. The predicted molar refractivity (Wildman–Crippen MR) is 117 cm³/mol. The third-order valence-corrected chi connectivity index (χ3v) is 5.12. The summed E-state index contributed by atoms with van der Waals surface area (Å²) >= 11 is 6.06. The van der Waals surface area contributed by atoms with E-state index < -0.39 is 18.0 Å². The molecule has 0 aromatic heterocycles. The Balaban J connectivity index is 1.58. The number of rotatable bonds is 5. The molecule has 0 bridgehead atoms. The third-order valence-electron chi connectivity index (χ3n) is 4.89. The number of carbonyl (C=O) groups is 2. The third kappa shape index (κ3) is 4.41. The summed E-state index contributed by atoms with van der Waals surface area (Å²) in [6, 6.07) is 18.7. The first-order valence-electron chi connectivity index (χ1n) is 9.59. The van der Waals surface area contributed by atoms with Crippen molar-refractivity contribution < 1.29 is 19.4 Å². The van der Waals surface area contributed by atoms with E-state index in [1.165, 1.54) is 17.1 Å². The lowest BCUT2D eigenvalue weighted by Gasteiger charge is -2.37. The summed E-state index contributed by atoms with van der Waals surface area (Å²) in [6.45, 7) is 1.62. The van der Waals surface area contributed by atoms with Crippen LogP contribution in [-0.2, 0) is 4.79 Å². The molecule has 1 unspecified atom stereocenters. The molecular formula is C23H20ClN3O4. The predicted octanol–water partition coefficient (Wildman–Crippen LogP) is 4.03. The summed E-state index contributed by atoms with van der Waals surface area (Å²) < 4.78 is 5.60. The quantitative estimate of drug-likeness (QED) is 0.560. The molecule has 1 aliphatic heterocycles. The summed E-state index contributed by atoms with van der Waals surface area (Å²) in [6.07, 6.45) is -0.691. The molecule has 0 aliphatic carbocycles. The highest BCUT2D eigenvalue weighted by atomic mass is 35.5. The molecule has 3 aromatic rings. The lowest BCUT2D eigenvalue weighted by molar-refractivity contribution is -0.127. The van der Waals surface area contributed by atoms with Gasteiger partial charge in [-0.3, -0.25) is 15.0 Å². The van der Waals surface area contributed by atoms with Crippen LogP contribution in [0.1, 0.15) is 27.7 Å². The van der Waals surface area contributed by atoms with Crippen molar-refractivity contribution in [2.45, 2.75) is 13.1 Å². The van der Waals surface area contributed by atoms with Gasteiger partial charge in [0.15, 0.2) is 6.61 Å². The molecule has 0 radical (unpaired) electrons. The molecule has 3 N–H and O–H groups in total. The van der Waals surface area contributed by atoms with E-state index in [4.69, 9.17) is 16.3 Å². The molecule has 0 fully saturated rings. The Labute approximate surface area is 184 Å². The second kappa shape index (κ2) is 8.57. The van der Waals surface area contributed by atoms with E-state index in [2.05, 4.69) is 10.7 Å². The Morgan fingerprint density at radius 3 is 2.65 bits per heavy atom. The number of para-hydroxylation sites is 1. The normalized spacial score (nSPS) is 15.1. The second-order valence-electron chi connectivity index (χ2n) is 7.09. The average Bonchev–Trinajstić information content (AvgIpc) is 2.76. The van der Waals surface area contributed by atoms with Crippen molar-refractivity contribution in [2.24, 2.45) is 0 Å². The Morgan fingerprint density at radius 1 is 1.16 bits per heavy atom. The van der Waals surface area contributed by atoms with Crippen molar-refractivity contribution in [2.75, 3.05) is 11.9 Å². The van der Waals surface area contributed by atoms with E-state index in [-0.39, 0.29) is 12.4 Å². The molecule has 0 saturated heterocycles. The lowest BCUT2D eigenvalue weighted by Crippen LogP contribution is -2.53. The van der Waals surface area contributed by atoms with E-state index in [0.717, 1.165) is 5.56 Å². The lowest BCUT2D eigenvalue weighted by atomic mass is 10.0. The van der Waals surface area contributed by atoms with E-state index in [0.29, 0.717) is 27.6 Å². The van der Waals surface area contributed by atoms with Crippen molar-refractivity contribution in [3.8, 4) is 11.5 Å². The molecule has 1 atom stereocenters. The van der Waals surface area contributed by atoms with Crippen molar-refractivity contribution >= 4 is 29.1 Å². The highest BCUT2D eigenvalue weighted by molar-refractivity contribution is 6.31. The van der Waals surface area contributed by atoms with Gasteiger partial charge in [0.2, 0.25) is 0 Å². The van der Waals surface area contributed by atoms with Crippen LogP contribution in [0.2, 0.25) is 5.02 Å². The zero-order valence-corrected chi connectivity index (χ0v) is 17.4. The van der Waals surface area contributed by atoms with E-state index in [1.807, 2.05) is 25.1 Å². The minimum atomic E-state index is -0.691. The van der Waals surface area contributed by atoms with Gasteiger partial charge >= 0.3 is 0 Å². The van der Waals surface area contributed by atoms with Crippen LogP contribution in [0.25, 0.3) is 0 Å². The number of carbonyl (C=O) groups excluding carboxylic acids is 2. The van der Waals surface area contributed by atoms with Gasteiger partial charge in [-0.2, -0.15) is 0 Å². The standard InChI is InChI=1S/C23H20ClN3O4/c1-14-4-2-3-5-20(14)31-13-21(29)26-27-22(15-6-9-17(28)10-7-15)25-19-11-8-16(24)12-18(19)23(27)30/h2-12,22,25,28H,13H2,1H3,(H,26,29). The SMILES string of the molecule is Cc1ccccc1OCC(=O)NN1C(=O)c2cc(Cl)ccc2NC1c1ccc(O)cc1. The fourth-order valence-corrected chi connectivity index (χ4v) is 3.48. The van der Waals surface area contributed by atoms with Gasteiger partial charge in [0.25, 0.3) is 11.8 Å². The van der Waals surface area contributed by atoms with Gasteiger partial charge in [-0.05, 0) is 54.4 Å². The molecule has 7 nitrogen and oxygen atoms in total. The number of benzene rings is 3. The molecular weight excluding hydrogens is 418 g/mol. The smallest absolute Gasteiger partial charge is 0.276 e. The van der Waals surface area contributed by atoms with Gasteiger partial charge in [-0.1, -0.05) is 41.9 Å². The highest BCUT2D eigenvalue weighted by Crippen LogP contribution is 2.34. The van der Waals surface area contributed by atoms with Gasteiger partial charge in [0, 0.05) is 10.7 Å². The number of amides is 2. The number of nitrogens with zero attached hydrogens (tertiary/aromatic N) is 1. The van der Waals surface area contributed by atoms with Crippen LogP contribution < -0.4 is 15.5 Å². The molecule has 4 rings (SSSR count). The van der Waals surface area contributed by atoms with Crippen molar-refractivity contribution in [1.82, 2.24) is 10.4 Å². The molecule has 0 saturated carbocycles. The number of aryl methyl sites for hydroxylation is 1. The summed E-state index contributed by atoms with van der Waals surface area (Å²) in [4.78, 5) is 25.8. The highest BCUT2D eigenvalue weighted by Gasteiger charge is 2.34. The van der Waals surface area contributed by atoms with Gasteiger partial charge in [-0.15, -0.1) is 0 Å². The fourth-order valence-electron chi connectivity index (χ4n) is 3.31. The zero-order chi connectivity index (χ0) is 22.0. The maximum atomic E-state index is 13.2. The Kier molecular flexibility index (Phi) is 5.68. The number of ether oxygens (including phenoxy) is 1. The van der Waals surface area contributed by atoms with Crippen LogP contribution >= 0.6 is 11.6 Å². The topological polar surface area (TPSA) is 90.9 Å². The van der Waals surface area contributed by atoms with Crippen LogP contribution in [0.4, 0.5) is 5.69 Å². The Morgan fingerprint density at radius 2 is 1.90 bits per heavy atom. The van der Waals surface area contributed by atoms with Gasteiger partial charge in [-0.25, -0.2) is 5.01 Å². The minimum Gasteiger partial charge on any atom is -0.508 e. The summed E-state index contributed by atoms with van der Waals surface area (Å²) in [7, 11) is 0. The van der Waals surface area contributed by atoms with Crippen molar-refractivity contribution in [3.05, 3.63) is 88.4 Å². The first kappa shape index (κ1) is 20.6. The molecule has 1 aliphatic rings. The van der Waals surface area contributed by atoms with Crippen molar-refractivity contribution in [1.29, 1.82) is 0 Å². The first-order chi connectivity index (χ1) is 14.9. The maximum absolute atomic E-state index is 13.2. The first-order valence-corrected chi connectivity index (χ1v) is 9.96. The number of phenolic OH excluding ortho intramolecular Hbond substituents is 1. The molecule has 3 aromatic carbocycles. The zero-order valence-electron chi connectivity index (χ0n) is 16.6. The fraction of sp³-hybridized carbons (Fsp3) is 0.130. The number of hydrogen-bond acceptors (Lipinski definition) is 5. The van der Waals surface area contributed by atoms with Crippen molar-refractivity contribution in [3.63, 3.8) is 0 Å². The van der Waals surface area contributed by atoms with E-state index in [9.17, 15) is 14.7 Å². The summed E-state index contributed by atoms with van der Waals surface area (Å²) in [5.74, 6) is -0.223. The molecule has 2 amide bonds. The number of anilines is 1. The Bertz CT molecular complexity index is 1130. The summed E-state index contributed by atoms with van der Waals surface area (Å²) in [5, 5.41) is 14.5. The number of hydrogen-bond donors (Lipinski definition) is 3. The number of hydrazine groups is 1. The molecule has 0 spiro atoms. The molecule has 8 heteroatoms. The Hall–Kier alpha value is -3.71. The van der Waals surface area contributed by atoms with Crippen LogP contribution in [0.5, 0.6) is 11.5 Å². The number of halogens is 1. The van der Waals surface area contributed by atoms with Crippen LogP contribution in [0.3, 0.4) is 0 Å². The monoisotopic (exact) mass is 437 g/mol. The number of fused-ring (bicyclic) bond motifs is 1. The number of phenols is 1. The van der Waals surface area contributed by atoms with Crippen LogP contribution in [0.15, 0.2) is 66.7 Å². The summed E-state index contributed by atoms with van der Waals surface area (Å²) in [5.41, 5.74) is 5.13. The minimum absolute atomic E-state index is 0.0975. The molecule has 1 heterocycles. The largest absolute Gasteiger partial charge is 0.508 e. The van der Waals surface area contributed by atoms with E-state index >= 15 is 0 Å². The average molecular weight is 438 g/mol. The van der Waals surface area contributed by atoms with Crippen LogP contribution in [0, 0.1) is 6.92 Å². The van der Waals surface area contributed by atoms with Crippen LogP contribution in [-0.4, -0.2) is 28.5 Å². The number of aromatic hydroxyl groups is 1. The van der Waals surface area contributed by atoms with Gasteiger partial charge in [0.05, 0.1) is 5.56 Å². The van der Waals surface area contributed by atoms with E-state index in [1.54, 1.807) is 36.4 Å².